The molecule has 0 saturated heterocycles. The summed E-state index contributed by atoms with van der Waals surface area (Å²) in [5.41, 5.74) is 6.07. The summed E-state index contributed by atoms with van der Waals surface area (Å²) in [4.78, 5) is 17.6. The Labute approximate surface area is 115 Å². The van der Waals surface area contributed by atoms with Crippen LogP contribution in [0.15, 0.2) is 18.3 Å². The molecule has 0 bridgehead atoms. The molecule has 2 heterocycles. The van der Waals surface area contributed by atoms with Gasteiger partial charge in [0, 0.05) is 25.2 Å². The molecule has 0 radical (unpaired) electrons. The van der Waals surface area contributed by atoms with Crippen LogP contribution in [0.2, 0.25) is 0 Å². The zero-order valence-electron chi connectivity index (χ0n) is 11.2. The van der Waals surface area contributed by atoms with Crippen molar-refractivity contribution < 1.29 is 9.53 Å². The number of thiophene rings is 1. The molecule has 1 amide bonds. The van der Waals surface area contributed by atoms with Gasteiger partial charge >= 0.3 is 0 Å². The summed E-state index contributed by atoms with van der Waals surface area (Å²) in [5, 5.41) is 3.65. The van der Waals surface area contributed by atoms with Crippen LogP contribution in [0.1, 0.15) is 23.5 Å². The van der Waals surface area contributed by atoms with Gasteiger partial charge in [0.05, 0.1) is 11.3 Å². The number of nitrogens with zero attached hydrogens (tertiary/aromatic N) is 1. The lowest BCUT2D eigenvalue weighted by Crippen LogP contribution is -2.39. The van der Waals surface area contributed by atoms with Gasteiger partial charge in [0.25, 0.3) is 5.91 Å². The lowest BCUT2D eigenvalue weighted by atomic mass is 10.1. The first-order valence-corrected chi connectivity index (χ1v) is 6.72. The largest absolute Gasteiger partial charge is 0.397 e. The SMILES string of the molecule is COC(C)(C)CNC(=O)c1sc2ncccc2c1N. The Morgan fingerprint density at radius 2 is 2.32 bits per heavy atom. The predicted octanol–water partition coefficient (Wildman–Crippen LogP) is 2.03. The molecule has 2 aromatic heterocycles. The van der Waals surface area contributed by atoms with E-state index in [2.05, 4.69) is 10.3 Å². The number of anilines is 1. The van der Waals surface area contributed by atoms with Gasteiger partial charge in [-0.15, -0.1) is 11.3 Å². The molecule has 3 N–H and O–H groups in total. The number of ether oxygens (including phenoxy) is 1. The summed E-state index contributed by atoms with van der Waals surface area (Å²) >= 11 is 1.30. The standard InChI is InChI=1S/C13H17N3O2S/c1-13(2,18-3)7-16-11(17)10-9(14)8-5-4-6-15-12(8)19-10/h4-6H,7,14H2,1-3H3,(H,16,17). The molecule has 0 saturated carbocycles. The predicted molar refractivity (Wildman–Crippen MR) is 77.5 cm³/mol. The van der Waals surface area contributed by atoms with E-state index in [4.69, 9.17) is 10.5 Å². The summed E-state index contributed by atoms with van der Waals surface area (Å²) in [6.45, 7) is 4.23. The minimum absolute atomic E-state index is 0.189. The molecule has 5 nitrogen and oxygen atoms in total. The molecule has 0 aromatic carbocycles. The molecule has 0 atom stereocenters. The fourth-order valence-electron chi connectivity index (χ4n) is 1.57. The molecule has 6 heteroatoms. The second-order valence-electron chi connectivity index (χ2n) is 4.85. The van der Waals surface area contributed by atoms with Crippen LogP contribution in [0, 0.1) is 0 Å². The maximum atomic E-state index is 12.1. The number of carbonyl (C=O) groups is 1. The first kappa shape index (κ1) is 13.8. The molecule has 0 fully saturated rings. The van der Waals surface area contributed by atoms with Gasteiger partial charge in [-0.2, -0.15) is 0 Å². The Balaban J connectivity index is 2.20. The number of fused-ring (bicyclic) bond motifs is 1. The van der Waals surface area contributed by atoms with Gasteiger partial charge in [-0.3, -0.25) is 4.79 Å². The third-order valence-corrected chi connectivity index (χ3v) is 4.07. The van der Waals surface area contributed by atoms with E-state index < -0.39 is 5.60 Å². The summed E-state index contributed by atoms with van der Waals surface area (Å²) < 4.78 is 5.26. The van der Waals surface area contributed by atoms with Crippen LogP contribution in [0.3, 0.4) is 0 Å². The number of rotatable bonds is 4. The van der Waals surface area contributed by atoms with Crippen molar-refractivity contribution in [1.29, 1.82) is 0 Å². The minimum atomic E-state index is -0.403. The Kier molecular flexibility index (Phi) is 3.73. The Bertz CT molecular complexity index is 607. The molecule has 0 aliphatic heterocycles. The van der Waals surface area contributed by atoms with Crippen molar-refractivity contribution in [3.63, 3.8) is 0 Å². The highest BCUT2D eigenvalue weighted by atomic mass is 32.1. The highest BCUT2D eigenvalue weighted by molar-refractivity contribution is 7.21. The molecule has 0 unspecified atom stereocenters. The van der Waals surface area contributed by atoms with Crippen molar-refractivity contribution in [2.45, 2.75) is 19.4 Å². The second kappa shape index (κ2) is 5.14. The number of nitrogen functional groups attached to an aromatic ring is 1. The van der Waals surface area contributed by atoms with E-state index >= 15 is 0 Å². The summed E-state index contributed by atoms with van der Waals surface area (Å²) in [6, 6.07) is 3.67. The van der Waals surface area contributed by atoms with Gasteiger partial charge in [-0.05, 0) is 26.0 Å². The van der Waals surface area contributed by atoms with Crippen LogP contribution in [0.5, 0.6) is 0 Å². The maximum Gasteiger partial charge on any atom is 0.263 e. The molecule has 19 heavy (non-hydrogen) atoms. The van der Waals surface area contributed by atoms with Crippen LogP contribution in [0.4, 0.5) is 5.69 Å². The smallest absolute Gasteiger partial charge is 0.263 e. The fraction of sp³-hybridized carbons (Fsp3) is 0.385. The van der Waals surface area contributed by atoms with Crippen LogP contribution in [-0.2, 0) is 4.74 Å². The molecule has 0 aliphatic carbocycles. The lowest BCUT2D eigenvalue weighted by molar-refractivity contribution is 0.0229. The lowest BCUT2D eigenvalue weighted by Gasteiger charge is -2.22. The normalized spacial score (nSPS) is 11.7. The number of hydrogen-bond donors (Lipinski definition) is 2. The Hall–Kier alpha value is -1.66. The third kappa shape index (κ3) is 2.85. The van der Waals surface area contributed by atoms with E-state index in [0.717, 1.165) is 10.2 Å². The van der Waals surface area contributed by atoms with E-state index in [-0.39, 0.29) is 5.91 Å². The number of nitrogens with one attached hydrogen (secondary N) is 1. The molecule has 2 aromatic rings. The Morgan fingerprint density at radius 1 is 1.58 bits per heavy atom. The third-order valence-electron chi connectivity index (χ3n) is 2.94. The van der Waals surface area contributed by atoms with Gasteiger partial charge in [-0.1, -0.05) is 0 Å². The molecule has 0 aliphatic rings. The number of carbonyl (C=O) groups excluding carboxylic acids is 1. The molecular weight excluding hydrogens is 262 g/mol. The van der Waals surface area contributed by atoms with Crippen molar-refractivity contribution >= 4 is 33.1 Å². The van der Waals surface area contributed by atoms with Gasteiger partial charge in [0.2, 0.25) is 0 Å². The van der Waals surface area contributed by atoms with E-state index in [1.165, 1.54) is 11.3 Å². The average Bonchev–Trinajstić information content (AvgIpc) is 2.74. The number of pyridine rings is 1. The Morgan fingerprint density at radius 3 is 2.95 bits per heavy atom. The van der Waals surface area contributed by atoms with E-state index in [9.17, 15) is 4.79 Å². The molecule has 2 rings (SSSR count). The summed E-state index contributed by atoms with van der Waals surface area (Å²) in [5.74, 6) is -0.189. The van der Waals surface area contributed by atoms with Gasteiger partial charge < -0.3 is 15.8 Å². The van der Waals surface area contributed by atoms with Gasteiger partial charge in [-0.25, -0.2) is 4.98 Å². The van der Waals surface area contributed by atoms with E-state index in [1.54, 1.807) is 19.4 Å². The molecule has 0 spiro atoms. The van der Waals surface area contributed by atoms with Crippen molar-refractivity contribution in [2.24, 2.45) is 0 Å². The second-order valence-corrected chi connectivity index (χ2v) is 5.85. The summed E-state index contributed by atoms with van der Waals surface area (Å²) in [6.07, 6.45) is 1.69. The zero-order chi connectivity index (χ0) is 14.0. The van der Waals surface area contributed by atoms with Crippen LogP contribution in [0.25, 0.3) is 10.2 Å². The molecule has 102 valence electrons. The van der Waals surface area contributed by atoms with Gasteiger partial charge in [0.15, 0.2) is 0 Å². The number of aromatic nitrogens is 1. The highest BCUT2D eigenvalue weighted by Crippen LogP contribution is 2.31. The van der Waals surface area contributed by atoms with E-state index in [1.807, 2.05) is 19.9 Å². The first-order chi connectivity index (χ1) is 8.94. The van der Waals surface area contributed by atoms with Crippen molar-refractivity contribution in [3.05, 3.63) is 23.2 Å². The highest BCUT2D eigenvalue weighted by Gasteiger charge is 2.21. The number of nitrogens with two attached hydrogens (primary N) is 1. The van der Waals surface area contributed by atoms with Crippen molar-refractivity contribution in [1.82, 2.24) is 10.3 Å². The zero-order valence-corrected chi connectivity index (χ0v) is 12.0. The monoisotopic (exact) mass is 279 g/mol. The first-order valence-electron chi connectivity index (χ1n) is 5.91. The van der Waals surface area contributed by atoms with Crippen LogP contribution >= 0.6 is 11.3 Å². The van der Waals surface area contributed by atoms with Crippen LogP contribution in [-0.4, -0.2) is 30.1 Å². The number of hydrogen-bond acceptors (Lipinski definition) is 5. The van der Waals surface area contributed by atoms with Gasteiger partial charge in [0.1, 0.15) is 9.71 Å². The topological polar surface area (TPSA) is 77.2 Å². The fourth-order valence-corrected chi connectivity index (χ4v) is 2.54. The van der Waals surface area contributed by atoms with E-state index in [0.29, 0.717) is 17.1 Å². The molecular formula is C13H17N3O2S. The maximum absolute atomic E-state index is 12.1. The van der Waals surface area contributed by atoms with Crippen LogP contribution < -0.4 is 11.1 Å². The minimum Gasteiger partial charge on any atom is -0.397 e. The van der Waals surface area contributed by atoms with Crippen molar-refractivity contribution in [3.8, 4) is 0 Å². The average molecular weight is 279 g/mol. The quantitative estimate of drug-likeness (QED) is 0.897. The number of amides is 1. The van der Waals surface area contributed by atoms with Crippen molar-refractivity contribution in [2.75, 3.05) is 19.4 Å². The number of methoxy groups -OCH3 is 1. The summed E-state index contributed by atoms with van der Waals surface area (Å²) in [7, 11) is 1.61.